The normalized spacial score (nSPS) is 38.1. The molecule has 2 aliphatic heterocycles. The Morgan fingerprint density at radius 1 is 1.53 bits per heavy atom. The summed E-state index contributed by atoms with van der Waals surface area (Å²) in [4.78, 5) is 14.0. The predicted octanol–water partition coefficient (Wildman–Crippen LogP) is -0.359. The van der Waals surface area contributed by atoms with Gasteiger partial charge in [-0.1, -0.05) is 6.92 Å². The summed E-state index contributed by atoms with van der Waals surface area (Å²) in [6.45, 7) is 5.99. The lowest BCUT2D eigenvalue weighted by Crippen LogP contribution is -2.62. The Kier molecular flexibility index (Phi) is 3.23. The van der Waals surface area contributed by atoms with Crippen LogP contribution in [0.4, 0.5) is 0 Å². The first-order valence-electron chi connectivity index (χ1n) is 5.52. The molecule has 0 spiro atoms. The van der Waals surface area contributed by atoms with Gasteiger partial charge in [0.2, 0.25) is 5.91 Å². The first kappa shape index (κ1) is 11.2. The Morgan fingerprint density at radius 3 is 2.67 bits per heavy atom. The Bertz CT molecular complexity index is 255. The van der Waals surface area contributed by atoms with Gasteiger partial charge in [0.15, 0.2) is 0 Å². The number of rotatable bonds is 2. The minimum Gasteiger partial charge on any atom is -0.368 e. The van der Waals surface area contributed by atoms with Crippen molar-refractivity contribution in [1.29, 1.82) is 0 Å². The Labute approximate surface area is 94.9 Å². The maximum absolute atomic E-state index is 11.7. The van der Waals surface area contributed by atoms with Gasteiger partial charge in [0.05, 0.1) is 0 Å². The van der Waals surface area contributed by atoms with Crippen LogP contribution >= 0.6 is 11.8 Å². The first-order chi connectivity index (χ1) is 7.15. The van der Waals surface area contributed by atoms with Gasteiger partial charge in [-0.25, -0.2) is 0 Å². The molecule has 0 saturated carbocycles. The van der Waals surface area contributed by atoms with Crippen LogP contribution in [0.2, 0.25) is 0 Å². The molecule has 0 aliphatic carbocycles. The van der Waals surface area contributed by atoms with Gasteiger partial charge >= 0.3 is 0 Å². The average molecular weight is 229 g/mol. The lowest BCUT2D eigenvalue weighted by atomic mass is 9.92. The van der Waals surface area contributed by atoms with Crippen LogP contribution < -0.4 is 11.1 Å². The van der Waals surface area contributed by atoms with Crippen LogP contribution in [0.15, 0.2) is 0 Å². The zero-order valence-electron chi connectivity index (χ0n) is 9.16. The molecule has 0 bridgehead atoms. The van der Waals surface area contributed by atoms with Crippen molar-refractivity contribution in [2.24, 2.45) is 5.73 Å². The van der Waals surface area contributed by atoms with Crippen LogP contribution in [0.25, 0.3) is 0 Å². The lowest BCUT2D eigenvalue weighted by Gasteiger charge is -2.40. The lowest BCUT2D eigenvalue weighted by molar-refractivity contribution is -0.129. The summed E-state index contributed by atoms with van der Waals surface area (Å²) in [5.74, 6) is 0.727. The Hall–Kier alpha value is -0.260. The summed E-state index contributed by atoms with van der Waals surface area (Å²) in [5.41, 5.74) is 5.24. The van der Waals surface area contributed by atoms with E-state index < -0.39 is 0 Å². The van der Waals surface area contributed by atoms with E-state index in [-0.39, 0.29) is 11.4 Å². The van der Waals surface area contributed by atoms with Gasteiger partial charge in [-0.05, 0) is 6.42 Å². The molecule has 2 heterocycles. The van der Waals surface area contributed by atoms with E-state index >= 15 is 0 Å². The van der Waals surface area contributed by atoms with E-state index in [4.69, 9.17) is 5.73 Å². The van der Waals surface area contributed by atoms with Gasteiger partial charge in [-0.15, -0.1) is 0 Å². The Morgan fingerprint density at radius 2 is 2.20 bits per heavy atom. The van der Waals surface area contributed by atoms with E-state index in [1.54, 1.807) is 0 Å². The number of nitrogens with two attached hydrogens (primary N) is 1. The highest BCUT2D eigenvalue weighted by Crippen LogP contribution is 2.38. The molecule has 2 atom stereocenters. The molecule has 86 valence electrons. The summed E-state index contributed by atoms with van der Waals surface area (Å²) >= 11 is 1.86. The van der Waals surface area contributed by atoms with Crippen LogP contribution in [-0.2, 0) is 4.79 Å². The number of primary amides is 1. The number of carbonyl (C=O) groups is 1. The quantitative estimate of drug-likeness (QED) is 0.679. The predicted molar refractivity (Wildman–Crippen MR) is 62.9 cm³/mol. The van der Waals surface area contributed by atoms with Gasteiger partial charge in [0.1, 0.15) is 5.54 Å². The van der Waals surface area contributed by atoms with Gasteiger partial charge in [0, 0.05) is 37.2 Å². The highest BCUT2D eigenvalue weighted by atomic mass is 32.2. The van der Waals surface area contributed by atoms with Gasteiger partial charge in [-0.3, -0.25) is 9.69 Å². The standard InChI is InChI=1S/C10H19N3OS/c1-8-6-10(7-15-8,9(11)14)13-4-2-12-3-5-13/h8,12H,2-7H2,1H3,(H2,11,14). The minimum atomic E-state index is -0.369. The molecule has 0 radical (unpaired) electrons. The van der Waals surface area contributed by atoms with Crippen LogP contribution in [-0.4, -0.2) is 53.5 Å². The monoisotopic (exact) mass is 229 g/mol. The van der Waals surface area contributed by atoms with Crippen LogP contribution in [0, 0.1) is 0 Å². The van der Waals surface area contributed by atoms with Crippen LogP contribution in [0.3, 0.4) is 0 Å². The fourth-order valence-electron chi connectivity index (χ4n) is 2.51. The molecule has 2 fully saturated rings. The molecule has 0 aromatic heterocycles. The third-order valence-corrected chi connectivity index (χ3v) is 4.79. The fraction of sp³-hybridized carbons (Fsp3) is 0.900. The number of hydrogen-bond donors (Lipinski definition) is 2. The molecule has 2 unspecified atom stereocenters. The molecule has 3 N–H and O–H groups in total. The second-order valence-electron chi connectivity index (χ2n) is 4.46. The van der Waals surface area contributed by atoms with Gasteiger partial charge in [-0.2, -0.15) is 11.8 Å². The third kappa shape index (κ3) is 2.00. The number of nitrogens with one attached hydrogen (secondary N) is 1. The minimum absolute atomic E-state index is 0.138. The van der Waals surface area contributed by atoms with Crippen molar-refractivity contribution >= 4 is 17.7 Å². The maximum Gasteiger partial charge on any atom is 0.238 e. The summed E-state index contributed by atoms with van der Waals surface area (Å²) in [5, 5.41) is 3.85. The molecule has 15 heavy (non-hydrogen) atoms. The maximum atomic E-state index is 11.7. The molecular weight excluding hydrogens is 210 g/mol. The van der Waals surface area contributed by atoms with Crippen molar-refractivity contribution in [2.45, 2.75) is 24.1 Å². The topological polar surface area (TPSA) is 58.4 Å². The zero-order valence-corrected chi connectivity index (χ0v) is 9.98. The van der Waals surface area contributed by atoms with Crippen LogP contribution in [0.1, 0.15) is 13.3 Å². The number of piperazine rings is 1. The number of carbonyl (C=O) groups excluding carboxylic acids is 1. The molecule has 0 aromatic rings. The molecule has 5 heteroatoms. The second kappa shape index (κ2) is 4.31. The number of amides is 1. The van der Waals surface area contributed by atoms with E-state index in [0.29, 0.717) is 5.25 Å². The van der Waals surface area contributed by atoms with E-state index in [9.17, 15) is 4.79 Å². The van der Waals surface area contributed by atoms with Gasteiger partial charge in [0.25, 0.3) is 0 Å². The van der Waals surface area contributed by atoms with Crippen molar-refractivity contribution in [3.63, 3.8) is 0 Å². The highest BCUT2D eigenvalue weighted by Gasteiger charge is 2.47. The van der Waals surface area contributed by atoms with E-state index in [2.05, 4.69) is 17.1 Å². The molecule has 1 amide bonds. The largest absolute Gasteiger partial charge is 0.368 e. The highest BCUT2D eigenvalue weighted by molar-refractivity contribution is 8.00. The molecule has 2 aliphatic rings. The first-order valence-corrected chi connectivity index (χ1v) is 6.57. The molecular formula is C10H19N3OS. The number of nitrogens with zero attached hydrogens (tertiary/aromatic N) is 1. The summed E-state index contributed by atoms with van der Waals surface area (Å²) in [6, 6.07) is 0. The second-order valence-corrected chi connectivity index (χ2v) is 5.89. The average Bonchev–Trinajstić information content (AvgIpc) is 2.63. The van der Waals surface area contributed by atoms with Gasteiger partial charge < -0.3 is 11.1 Å². The number of thioether (sulfide) groups is 1. The summed E-state index contributed by atoms with van der Waals surface area (Å²) < 4.78 is 0. The van der Waals surface area contributed by atoms with E-state index in [0.717, 1.165) is 38.4 Å². The molecule has 2 saturated heterocycles. The SMILES string of the molecule is CC1CC(C(N)=O)(N2CCNCC2)CS1. The molecule has 2 rings (SSSR count). The van der Waals surface area contributed by atoms with E-state index in [1.165, 1.54) is 0 Å². The summed E-state index contributed by atoms with van der Waals surface area (Å²) in [6.07, 6.45) is 0.910. The van der Waals surface area contributed by atoms with Crippen molar-refractivity contribution in [2.75, 3.05) is 31.9 Å². The third-order valence-electron chi connectivity index (χ3n) is 3.41. The zero-order chi connectivity index (χ0) is 10.9. The van der Waals surface area contributed by atoms with Crippen molar-refractivity contribution < 1.29 is 4.79 Å². The Balaban J connectivity index is 2.14. The van der Waals surface area contributed by atoms with E-state index in [1.807, 2.05) is 11.8 Å². The van der Waals surface area contributed by atoms with Crippen molar-refractivity contribution in [1.82, 2.24) is 10.2 Å². The number of hydrogen-bond acceptors (Lipinski definition) is 4. The van der Waals surface area contributed by atoms with Crippen molar-refractivity contribution in [3.8, 4) is 0 Å². The molecule has 0 aromatic carbocycles. The van der Waals surface area contributed by atoms with Crippen LogP contribution in [0.5, 0.6) is 0 Å². The fourth-order valence-corrected chi connectivity index (χ4v) is 3.91. The molecule has 4 nitrogen and oxygen atoms in total. The smallest absolute Gasteiger partial charge is 0.238 e. The van der Waals surface area contributed by atoms with Crippen molar-refractivity contribution in [3.05, 3.63) is 0 Å². The summed E-state index contributed by atoms with van der Waals surface area (Å²) in [7, 11) is 0.